The number of allylic oxidation sites excluding steroid dienone is 1. The number of esters is 1. The van der Waals surface area contributed by atoms with E-state index in [1.165, 1.54) is 36.6 Å². The predicted molar refractivity (Wildman–Crippen MR) is 104 cm³/mol. The summed E-state index contributed by atoms with van der Waals surface area (Å²) >= 11 is 11.7. The van der Waals surface area contributed by atoms with E-state index < -0.39 is 11.9 Å². The highest BCUT2D eigenvalue weighted by Crippen LogP contribution is 2.21. The van der Waals surface area contributed by atoms with Gasteiger partial charge in [0.25, 0.3) is 11.8 Å². The van der Waals surface area contributed by atoms with Gasteiger partial charge < -0.3 is 15.4 Å². The van der Waals surface area contributed by atoms with Crippen molar-refractivity contribution in [3.63, 3.8) is 0 Å². The molecule has 0 radical (unpaired) electrons. The van der Waals surface area contributed by atoms with E-state index in [-0.39, 0.29) is 29.6 Å². The van der Waals surface area contributed by atoms with Crippen LogP contribution in [-0.4, -0.2) is 37.5 Å². The van der Waals surface area contributed by atoms with Crippen LogP contribution in [0.5, 0.6) is 0 Å². The number of amides is 2. The van der Waals surface area contributed by atoms with Crippen molar-refractivity contribution in [2.45, 2.75) is 32.1 Å². The molecule has 6 nitrogen and oxygen atoms in total. The van der Waals surface area contributed by atoms with Crippen molar-refractivity contribution in [2.75, 3.05) is 19.7 Å². The molecule has 2 rings (SSSR count). The average molecular weight is 413 g/mol. The Balaban J connectivity index is 1.63. The molecule has 1 aliphatic carbocycles. The highest BCUT2D eigenvalue weighted by Gasteiger charge is 2.13. The summed E-state index contributed by atoms with van der Waals surface area (Å²) in [6, 6.07) is 4.42. The van der Waals surface area contributed by atoms with Crippen molar-refractivity contribution in [1.82, 2.24) is 10.6 Å². The number of halogens is 2. The molecule has 2 N–H and O–H groups in total. The van der Waals surface area contributed by atoms with Crippen LogP contribution in [0.25, 0.3) is 0 Å². The van der Waals surface area contributed by atoms with E-state index in [0.29, 0.717) is 11.6 Å². The van der Waals surface area contributed by atoms with Gasteiger partial charge in [-0.05, 0) is 50.3 Å². The first kappa shape index (κ1) is 21.3. The molecule has 0 bridgehead atoms. The molecular weight excluding hydrogens is 391 g/mol. The Morgan fingerprint density at radius 2 is 1.93 bits per heavy atom. The smallest absolute Gasteiger partial charge is 0.325 e. The first-order valence-corrected chi connectivity index (χ1v) is 9.55. The van der Waals surface area contributed by atoms with Gasteiger partial charge in [0.2, 0.25) is 0 Å². The van der Waals surface area contributed by atoms with Crippen LogP contribution in [0.4, 0.5) is 0 Å². The Morgan fingerprint density at radius 1 is 1.11 bits per heavy atom. The molecule has 0 saturated carbocycles. The Bertz CT molecular complexity index is 734. The molecule has 0 heterocycles. The minimum atomic E-state index is -0.710. The van der Waals surface area contributed by atoms with Gasteiger partial charge in [-0.25, -0.2) is 0 Å². The Labute approximate surface area is 168 Å². The lowest BCUT2D eigenvalue weighted by atomic mass is 9.97. The lowest BCUT2D eigenvalue weighted by Gasteiger charge is -2.13. The van der Waals surface area contributed by atoms with Crippen molar-refractivity contribution in [1.29, 1.82) is 0 Å². The fraction of sp³-hybridized carbons (Fsp3) is 0.421. The van der Waals surface area contributed by atoms with Crippen molar-refractivity contribution in [3.05, 3.63) is 45.5 Å². The number of hydrogen-bond acceptors (Lipinski definition) is 4. The molecular formula is C19H22Cl2N2O4. The van der Waals surface area contributed by atoms with Gasteiger partial charge in [-0.15, -0.1) is 0 Å². The van der Waals surface area contributed by atoms with Crippen LogP contribution in [-0.2, 0) is 14.3 Å². The molecule has 0 saturated heterocycles. The van der Waals surface area contributed by atoms with Crippen LogP contribution in [0, 0.1) is 0 Å². The van der Waals surface area contributed by atoms with E-state index >= 15 is 0 Å². The van der Waals surface area contributed by atoms with Crippen LogP contribution in [0.15, 0.2) is 29.8 Å². The average Bonchev–Trinajstić information content (AvgIpc) is 2.65. The van der Waals surface area contributed by atoms with Gasteiger partial charge in [0.05, 0.1) is 10.6 Å². The molecule has 0 aromatic heterocycles. The molecule has 0 atom stereocenters. The minimum Gasteiger partial charge on any atom is -0.454 e. The van der Waals surface area contributed by atoms with Crippen LogP contribution < -0.4 is 10.6 Å². The van der Waals surface area contributed by atoms with Crippen LogP contribution in [0.3, 0.4) is 0 Å². The highest BCUT2D eigenvalue weighted by atomic mass is 35.5. The van der Waals surface area contributed by atoms with Gasteiger partial charge in [0.1, 0.15) is 6.54 Å². The van der Waals surface area contributed by atoms with E-state index in [1.807, 2.05) is 0 Å². The number of carbonyl (C=O) groups is 3. The maximum atomic E-state index is 12.0. The van der Waals surface area contributed by atoms with Crippen LogP contribution in [0.1, 0.15) is 42.5 Å². The molecule has 8 heteroatoms. The molecule has 1 aromatic rings. The lowest BCUT2D eigenvalue weighted by molar-refractivity contribution is -0.147. The maximum absolute atomic E-state index is 12.0. The molecule has 0 spiro atoms. The fourth-order valence-electron chi connectivity index (χ4n) is 2.66. The summed E-state index contributed by atoms with van der Waals surface area (Å²) in [5, 5.41) is 5.69. The monoisotopic (exact) mass is 412 g/mol. The number of ether oxygens (including phenoxy) is 1. The third-order valence-electron chi connectivity index (χ3n) is 4.09. The van der Waals surface area contributed by atoms with E-state index in [2.05, 4.69) is 16.7 Å². The van der Waals surface area contributed by atoms with Gasteiger partial charge in [-0.2, -0.15) is 0 Å². The second-order valence-corrected chi connectivity index (χ2v) is 7.02. The third kappa shape index (κ3) is 7.61. The summed E-state index contributed by atoms with van der Waals surface area (Å²) in [6.07, 6.45) is 7.66. The van der Waals surface area contributed by atoms with Crippen molar-refractivity contribution in [3.8, 4) is 0 Å². The van der Waals surface area contributed by atoms with Gasteiger partial charge in [-0.3, -0.25) is 14.4 Å². The summed E-state index contributed by atoms with van der Waals surface area (Å²) < 4.78 is 4.85. The first-order valence-electron chi connectivity index (χ1n) is 8.79. The molecule has 27 heavy (non-hydrogen) atoms. The summed E-state index contributed by atoms with van der Waals surface area (Å²) in [5.74, 6) is -1.61. The number of nitrogens with one attached hydrogen (secondary N) is 2. The number of carbonyl (C=O) groups excluding carboxylic acids is 3. The number of benzene rings is 1. The van der Waals surface area contributed by atoms with E-state index in [9.17, 15) is 14.4 Å². The predicted octanol–water partition coefficient (Wildman–Crippen LogP) is 3.27. The second kappa shape index (κ2) is 10.9. The molecule has 0 fully saturated rings. The summed E-state index contributed by atoms with van der Waals surface area (Å²) in [7, 11) is 0. The van der Waals surface area contributed by atoms with Gasteiger partial charge in [-0.1, -0.05) is 34.9 Å². The standard InChI is InChI=1S/C19H22Cl2N2O4/c20-14-6-7-15(16(21)10-14)19(26)23-11-18(25)27-12-17(24)22-9-8-13-4-2-1-3-5-13/h4,6-7,10H,1-3,5,8-9,11-12H2,(H,22,24)(H,23,26). The third-order valence-corrected chi connectivity index (χ3v) is 4.63. The highest BCUT2D eigenvalue weighted by molar-refractivity contribution is 6.36. The molecule has 2 amide bonds. The molecule has 1 aromatic carbocycles. The number of hydrogen-bond donors (Lipinski definition) is 2. The normalized spacial score (nSPS) is 13.5. The van der Waals surface area contributed by atoms with Crippen LogP contribution in [0.2, 0.25) is 10.0 Å². The summed E-state index contributed by atoms with van der Waals surface area (Å²) in [5.41, 5.74) is 1.56. The van der Waals surface area contributed by atoms with E-state index in [0.717, 1.165) is 19.3 Å². The summed E-state index contributed by atoms with van der Waals surface area (Å²) in [4.78, 5) is 35.3. The topological polar surface area (TPSA) is 84.5 Å². The van der Waals surface area contributed by atoms with Gasteiger partial charge >= 0.3 is 5.97 Å². The lowest BCUT2D eigenvalue weighted by Crippen LogP contribution is -2.34. The van der Waals surface area contributed by atoms with E-state index in [1.54, 1.807) is 0 Å². The Kier molecular flexibility index (Phi) is 8.61. The van der Waals surface area contributed by atoms with Gasteiger partial charge in [0, 0.05) is 11.6 Å². The zero-order chi connectivity index (χ0) is 19.6. The number of rotatable bonds is 8. The zero-order valence-electron chi connectivity index (χ0n) is 14.9. The Hall–Kier alpha value is -2.05. The molecule has 1 aliphatic rings. The quantitative estimate of drug-likeness (QED) is 0.506. The molecule has 0 unspecified atom stereocenters. The SMILES string of the molecule is O=C(COC(=O)CNC(=O)c1ccc(Cl)cc1Cl)NCCC1=CCCCC1. The van der Waals surface area contributed by atoms with Gasteiger partial charge in [0.15, 0.2) is 6.61 Å². The summed E-state index contributed by atoms with van der Waals surface area (Å²) in [6.45, 7) is -0.221. The molecule has 0 aliphatic heterocycles. The minimum absolute atomic E-state index is 0.181. The fourth-order valence-corrected chi connectivity index (χ4v) is 3.16. The van der Waals surface area contributed by atoms with Crippen molar-refractivity contribution < 1.29 is 19.1 Å². The Morgan fingerprint density at radius 3 is 2.63 bits per heavy atom. The first-order chi connectivity index (χ1) is 13.0. The zero-order valence-corrected chi connectivity index (χ0v) is 16.4. The van der Waals surface area contributed by atoms with Crippen molar-refractivity contribution >= 4 is 41.0 Å². The second-order valence-electron chi connectivity index (χ2n) is 6.18. The molecule has 146 valence electrons. The largest absolute Gasteiger partial charge is 0.454 e. The van der Waals surface area contributed by atoms with Crippen molar-refractivity contribution in [2.24, 2.45) is 0 Å². The maximum Gasteiger partial charge on any atom is 0.325 e. The van der Waals surface area contributed by atoms with Crippen LogP contribution >= 0.6 is 23.2 Å². The van der Waals surface area contributed by atoms with E-state index in [4.69, 9.17) is 27.9 Å².